The Hall–Kier alpha value is -3.03. The zero-order chi connectivity index (χ0) is 17.8. The number of benzene rings is 1. The average molecular weight is 339 g/mol. The molecule has 0 fully saturated rings. The topological polar surface area (TPSA) is 90.5 Å². The van der Waals surface area contributed by atoms with Crippen LogP contribution in [0.4, 0.5) is 0 Å². The van der Waals surface area contributed by atoms with Gasteiger partial charge in [-0.05, 0) is 29.5 Å². The summed E-state index contributed by atoms with van der Waals surface area (Å²) >= 11 is 0. The Morgan fingerprint density at radius 3 is 2.68 bits per heavy atom. The van der Waals surface area contributed by atoms with Crippen molar-refractivity contribution in [3.63, 3.8) is 0 Å². The first kappa shape index (κ1) is 16.8. The minimum Gasteiger partial charge on any atom is -0.347 e. The standard InChI is InChI=1S/C17H21N7O/c1-12(2)16-18-9-10-23(16)13(3)17(25)19-11-15-20-21-22-24(15)14-7-5-4-6-8-14/h4-10,12-13H,11H2,1-3H3,(H,19,25)/t13-/m1/s1. The molecule has 3 aromatic rings. The predicted molar refractivity (Wildman–Crippen MR) is 92.0 cm³/mol. The molecule has 25 heavy (non-hydrogen) atoms. The zero-order valence-corrected chi connectivity index (χ0v) is 14.5. The van der Waals surface area contributed by atoms with Crippen molar-refractivity contribution in [2.45, 2.75) is 39.3 Å². The second kappa shape index (κ2) is 7.25. The molecule has 0 unspecified atom stereocenters. The molecule has 0 saturated heterocycles. The van der Waals surface area contributed by atoms with Crippen molar-refractivity contribution in [1.29, 1.82) is 0 Å². The Morgan fingerprint density at radius 2 is 1.96 bits per heavy atom. The highest BCUT2D eigenvalue weighted by atomic mass is 16.2. The number of nitrogens with one attached hydrogen (secondary N) is 1. The smallest absolute Gasteiger partial charge is 0.243 e. The molecule has 3 rings (SSSR count). The van der Waals surface area contributed by atoms with E-state index >= 15 is 0 Å². The number of tetrazole rings is 1. The number of aromatic nitrogens is 6. The van der Waals surface area contributed by atoms with E-state index in [1.165, 1.54) is 0 Å². The average Bonchev–Trinajstić information content (AvgIpc) is 3.28. The van der Waals surface area contributed by atoms with E-state index < -0.39 is 0 Å². The normalized spacial score (nSPS) is 12.3. The fourth-order valence-electron chi connectivity index (χ4n) is 2.63. The van der Waals surface area contributed by atoms with E-state index in [4.69, 9.17) is 0 Å². The molecule has 1 aromatic carbocycles. The molecule has 0 aliphatic rings. The van der Waals surface area contributed by atoms with Crippen molar-refractivity contribution in [2.24, 2.45) is 0 Å². The van der Waals surface area contributed by atoms with Crippen molar-refractivity contribution in [1.82, 2.24) is 35.1 Å². The number of carbonyl (C=O) groups excluding carboxylic acids is 1. The molecular weight excluding hydrogens is 318 g/mol. The van der Waals surface area contributed by atoms with Gasteiger partial charge in [-0.3, -0.25) is 4.79 Å². The van der Waals surface area contributed by atoms with Gasteiger partial charge in [0.05, 0.1) is 12.2 Å². The van der Waals surface area contributed by atoms with Crippen molar-refractivity contribution < 1.29 is 4.79 Å². The molecule has 2 aromatic heterocycles. The van der Waals surface area contributed by atoms with E-state index in [1.54, 1.807) is 10.9 Å². The number of amides is 1. The Labute approximate surface area is 145 Å². The monoisotopic (exact) mass is 339 g/mol. The quantitative estimate of drug-likeness (QED) is 0.740. The summed E-state index contributed by atoms with van der Waals surface area (Å²) in [4.78, 5) is 16.9. The van der Waals surface area contributed by atoms with Gasteiger partial charge in [0.25, 0.3) is 0 Å². The number of hydrogen-bond acceptors (Lipinski definition) is 5. The highest BCUT2D eigenvalue weighted by Gasteiger charge is 2.20. The maximum absolute atomic E-state index is 12.5. The third kappa shape index (κ3) is 3.57. The summed E-state index contributed by atoms with van der Waals surface area (Å²) in [7, 11) is 0. The number of carbonyl (C=O) groups is 1. The summed E-state index contributed by atoms with van der Waals surface area (Å²) in [5, 5.41) is 14.6. The van der Waals surface area contributed by atoms with E-state index in [0.717, 1.165) is 11.5 Å². The molecule has 1 atom stereocenters. The molecule has 130 valence electrons. The van der Waals surface area contributed by atoms with Crippen molar-refractivity contribution in [3.05, 3.63) is 54.4 Å². The van der Waals surface area contributed by atoms with Gasteiger partial charge >= 0.3 is 0 Å². The molecule has 2 heterocycles. The SMILES string of the molecule is CC(C)c1nccn1[C@H](C)C(=O)NCc1nnnn1-c1ccccc1. The number of rotatable bonds is 6. The largest absolute Gasteiger partial charge is 0.347 e. The third-order valence-corrected chi connectivity index (χ3v) is 3.97. The van der Waals surface area contributed by atoms with E-state index in [9.17, 15) is 4.79 Å². The highest BCUT2D eigenvalue weighted by Crippen LogP contribution is 2.17. The summed E-state index contributed by atoms with van der Waals surface area (Å²) in [5.41, 5.74) is 0.849. The van der Waals surface area contributed by atoms with Gasteiger partial charge in [-0.15, -0.1) is 5.10 Å². The minimum atomic E-state index is -0.360. The van der Waals surface area contributed by atoms with Gasteiger partial charge in [-0.2, -0.15) is 4.68 Å². The first-order chi connectivity index (χ1) is 12.1. The van der Waals surface area contributed by atoms with Crippen molar-refractivity contribution >= 4 is 5.91 Å². The van der Waals surface area contributed by atoms with Crippen LogP contribution in [0, 0.1) is 0 Å². The third-order valence-electron chi connectivity index (χ3n) is 3.97. The van der Waals surface area contributed by atoms with E-state index in [-0.39, 0.29) is 24.4 Å². The number of para-hydroxylation sites is 1. The number of hydrogen-bond donors (Lipinski definition) is 1. The lowest BCUT2D eigenvalue weighted by Gasteiger charge is -2.17. The Kier molecular flexibility index (Phi) is 4.87. The maximum atomic E-state index is 12.5. The Morgan fingerprint density at radius 1 is 1.20 bits per heavy atom. The van der Waals surface area contributed by atoms with Gasteiger partial charge < -0.3 is 9.88 Å². The van der Waals surface area contributed by atoms with Crippen LogP contribution in [0.5, 0.6) is 0 Å². The molecule has 8 heteroatoms. The highest BCUT2D eigenvalue weighted by molar-refractivity contribution is 5.79. The van der Waals surface area contributed by atoms with Crippen LogP contribution < -0.4 is 5.32 Å². The molecule has 0 aliphatic heterocycles. The summed E-state index contributed by atoms with van der Waals surface area (Å²) < 4.78 is 3.50. The van der Waals surface area contributed by atoms with Crippen LogP contribution >= 0.6 is 0 Å². The van der Waals surface area contributed by atoms with E-state index in [1.807, 2.05) is 48.0 Å². The second-order valence-corrected chi connectivity index (χ2v) is 6.08. The fraction of sp³-hybridized carbons (Fsp3) is 0.353. The molecule has 0 saturated carbocycles. The molecule has 1 N–H and O–H groups in total. The fourth-order valence-corrected chi connectivity index (χ4v) is 2.63. The molecular formula is C17H21N7O. The summed E-state index contributed by atoms with van der Waals surface area (Å²) in [6.07, 6.45) is 3.54. The maximum Gasteiger partial charge on any atom is 0.243 e. The van der Waals surface area contributed by atoms with Gasteiger partial charge in [0.2, 0.25) is 5.91 Å². The molecule has 0 radical (unpaired) electrons. The lowest BCUT2D eigenvalue weighted by atomic mass is 10.2. The number of nitrogens with zero attached hydrogens (tertiary/aromatic N) is 6. The molecule has 0 bridgehead atoms. The van der Waals surface area contributed by atoms with Crippen molar-refractivity contribution in [3.8, 4) is 5.69 Å². The van der Waals surface area contributed by atoms with Crippen molar-refractivity contribution in [2.75, 3.05) is 0 Å². The minimum absolute atomic E-state index is 0.109. The van der Waals surface area contributed by atoms with E-state index in [2.05, 4.69) is 39.7 Å². The van der Waals surface area contributed by atoms with Crippen LogP contribution in [0.15, 0.2) is 42.7 Å². The van der Waals surface area contributed by atoms with Gasteiger partial charge in [0.1, 0.15) is 11.9 Å². The Balaban J connectivity index is 1.69. The zero-order valence-electron chi connectivity index (χ0n) is 14.5. The molecule has 8 nitrogen and oxygen atoms in total. The van der Waals surface area contributed by atoms with Gasteiger partial charge in [-0.1, -0.05) is 32.0 Å². The van der Waals surface area contributed by atoms with Gasteiger partial charge in [0, 0.05) is 18.3 Å². The first-order valence-corrected chi connectivity index (χ1v) is 8.21. The predicted octanol–water partition coefficient (Wildman–Crippen LogP) is 1.86. The summed E-state index contributed by atoms with van der Waals surface area (Å²) in [6.45, 7) is 6.20. The lowest BCUT2D eigenvalue weighted by molar-refractivity contribution is -0.124. The second-order valence-electron chi connectivity index (χ2n) is 6.08. The molecule has 0 spiro atoms. The van der Waals surface area contributed by atoms with Crippen LogP contribution in [0.25, 0.3) is 5.69 Å². The van der Waals surface area contributed by atoms with Crippen LogP contribution in [-0.4, -0.2) is 35.7 Å². The van der Waals surface area contributed by atoms with Crippen LogP contribution in [-0.2, 0) is 11.3 Å². The summed E-state index contributed by atoms with van der Waals surface area (Å²) in [5.74, 6) is 1.59. The Bertz CT molecular complexity index is 838. The van der Waals surface area contributed by atoms with Crippen LogP contribution in [0.3, 0.4) is 0 Å². The van der Waals surface area contributed by atoms with E-state index in [0.29, 0.717) is 5.82 Å². The van der Waals surface area contributed by atoms with Crippen LogP contribution in [0.2, 0.25) is 0 Å². The number of imidazole rings is 1. The van der Waals surface area contributed by atoms with Gasteiger partial charge in [-0.25, -0.2) is 4.98 Å². The first-order valence-electron chi connectivity index (χ1n) is 8.21. The van der Waals surface area contributed by atoms with Crippen LogP contribution in [0.1, 0.15) is 44.4 Å². The molecule has 1 amide bonds. The lowest BCUT2D eigenvalue weighted by Crippen LogP contribution is -2.32. The van der Waals surface area contributed by atoms with Gasteiger partial charge in [0.15, 0.2) is 5.82 Å². The molecule has 0 aliphatic carbocycles. The summed E-state index contributed by atoms with van der Waals surface area (Å²) in [6, 6.07) is 9.20.